The van der Waals surface area contributed by atoms with Crippen LogP contribution in [-0.2, 0) is 13.5 Å². The number of anilines is 1. The number of hydrogen-bond acceptors (Lipinski definition) is 3. The zero-order chi connectivity index (χ0) is 14.1. The molecule has 104 valence electrons. The highest BCUT2D eigenvalue weighted by molar-refractivity contribution is 6.32. The lowest BCUT2D eigenvalue weighted by molar-refractivity contribution is 0.598. The van der Waals surface area contributed by atoms with Gasteiger partial charge in [0.1, 0.15) is 5.02 Å². The van der Waals surface area contributed by atoms with E-state index >= 15 is 0 Å². The summed E-state index contributed by atoms with van der Waals surface area (Å²) in [5, 5.41) is 7.58. The van der Waals surface area contributed by atoms with Crippen LogP contribution in [0.3, 0.4) is 0 Å². The van der Waals surface area contributed by atoms with Crippen molar-refractivity contribution in [2.24, 2.45) is 7.05 Å². The van der Waals surface area contributed by atoms with E-state index in [2.05, 4.69) is 28.6 Å². The van der Waals surface area contributed by atoms with Gasteiger partial charge in [0.15, 0.2) is 0 Å². The highest BCUT2D eigenvalue weighted by atomic mass is 35.5. The summed E-state index contributed by atoms with van der Waals surface area (Å²) in [5.41, 5.74) is 2.98. The molecule has 1 aliphatic rings. The van der Waals surface area contributed by atoms with Crippen molar-refractivity contribution in [3.8, 4) is 0 Å². The first-order valence-electron chi connectivity index (χ1n) is 6.73. The topological polar surface area (TPSA) is 46.9 Å². The third-order valence-corrected chi connectivity index (χ3v) is 4.14. The molecule has 0 amide bonds. The largest absolute Gasteiger partial charge is 0.376 e. The first-order valence-corrected chi connectivity index (χ1v) is 7.11. The van der Waals surface area contributed by atoms with Gasteiger partial charge in [-0.2, -0.15) is 5.10 Å². The molecule has 1 aromatic carbocycles. The predicted octanol–water partition coefficient (Wildman–Crippen LogP) is 2.92. The molecule has 0 saturated carbocycles. The Balaban J connectivity index is 1.94. The average Bonchev–Trinajstić information content (AvgIpc) is 2.48. The molecule has 5 heteroatoms. The van der Waals surface area contributed by atoms with Gasteiger partial charge in [-0.25, -0.2) is 4.68 Å². The van der Waals surface area contributed by atoms with Crippen molar-refractivity contribution in [2.75, 3.05) is 5.32 Å². The third-order valence-electron chi connectivity index (χ3n) is 3.78. The Morgan fingerprint density at radius 2 is 2.20 bits per heavy atom. The highest BCUT2D eigenvalue weighted by Gasteiger charge is 2.21. The van der Waals surface area contributed by atoms with Crippen LogP contribution in [0, 0.1) is 0 Å². The minimum atomic E-state index is -0.277. The zero-order valence-electron chi connectivity index (χ0n) is 11.3. The number of hydrogen-bond donors (Lipinski definition) is 1. The summed E-state index contributed by atoms with van der Waals surface area (Å²) in [4.78, 5) is 11.8. The maximum atomic E-state index is 11.8. The fourth-order valence-corrected chi connectivity index (χ4v) is 2.93. The molecular formula is C15H16ClN3O. The van der Waals surface area contributed by atoms with Crippen LogP contribution in [-0.4, -0.2) is 9.78 Å². The Bertz CT molecular complexity index is 696. The molecule has 1 aromatic heterocycles. The standard InChI is InChI=1S/C15H16ClN3O/c1-19-15(20)14(16)13(9-17-19)18-12-8-4-6-10-5-2-3-7-11(10)12/h2-3,5,7,9,12,18H,4,6,8H2,1H3/t12-/m1/s1. The maximum Gasteiger partial charge on any atom is 0.287 e. The number of rotatable bonds is 2. The van der Waals surface area contributed by atoms with Crippen molar-refractivity contribution < 1.29 is 0 Å². The van der Waals surface area contributed by atoms with Crippen LogP contribution in [0.2, 0.25) is 5.02 Å². The lowest BCUT2D eigenvalue weighted by Gasteiger charge is -2.27. The Hall–Kier alpha value is -1.81. The van der Waals surface area contributed by atoms with Crippen molar-refractivity contribution in [3.63, 3.8) is 0 Å². The minimum absolute atomic E-state index is 0.186. The van der Waals surface area contributed by atoms with Gasteiger partial charge in [-0.1, -0.05) is 35.9 Å². The summed E-state index contributed by atoms with van der Waals surface area (Å²) < 4.78 is 1.24. The van der Waals surface area contributed by atoms with E-state index in [0.29, 0.717) is 5.69 Å². The van der Waals surface area contributed by atoms with E-state index in [1.165, 1.54) is 15.8 Å². The van der Waals surface area contributed by atoms with Gasteiger partial charge in [0.05, 0.1) is 17.9 Å². The molecule has 0 fully saturated rings. The molecule has 2 aromatic rings. The van der Waals surface area contributed by atoms with Gasteiger partial charge in [-0.3, -0.25) is 4.79 Å². The second-order valence-electron chi connectivity index (χ2n) is 5.09. The predicted molar refractivity (Wildman–Crippen MR) is 80.2 cm³/mol. The van der Waals surface area contributed by atoms with Crippen LogP contribution in [0.5, 0.6) is 0 Å². The Morgan fingerprint density at radius 3 is 3.05 bits per heavy atom. The number of halogens is 1. The molecule has 1 N–H and O–H groups in total. The maximum absolute atomic E-state index is 11.8. The zero-order valence-corrected chi connectivity index (χ0v) is 12.0. The first kappa shape index (κ1) is 13.2. The summed E-state index contributed by atoms with van der Waals surface area (Å²) in [6.07, 6.45) is 4.88. The average molecular weight is 290 g/mol. The molecule has 0 spiro atoms. The van der Waals surface area contributed by atoms with E-state index in [1.807, 2.05) is 6.07 Å². The molecular weight excluding hydrogens is 274 g/mol. The molecule has 3 rings (SSSR count). The van der Waals surface area contributed by atoms with E-state index < -0.39 is 0 Å². The van der Waals surface area contributed by atoms with Crippen molar-refractivity contribution in [1.29, 1.82) is 0 Å². The van der Waals surface area contributed by atoms with Gasteiger partial charge in [-0.15, -0.1) is 0 Å². The van der Waals surface area contributed by atoms with Gasteiger partial charge < -0.3 is 5.32 Å². The molecule has 4 nitrogen and oxygen atoms in total. The van der Waals surface area contributed by atoms with Crippen molar-refractivity contribution in [3.05, 3.63) is 57.0 Å². The van der Waals surface area contributed by atoms with Crippen LogP contribution in [0.25, 0.3) is 0 Å². The molecule has 0 bridgehead atoms. The Morgan fingerprint density at radius 1 is 1.40 bits per heavy atom. The molecule has 1 atom stereocenters. The van der Waals surface area contributed by atoms with Gasteiger partial charge in [0.25, 0.3) is 5.56 Å². The Kier molecular flexibility index (Phi) is 3.49. The van der Waals surface area contributed by atoms with E-state index in [9.17, 15) is 4.79 Å². The van der Waals surface area contributed by atoms with E-state index in [-0.39, 0.29) is 16.6 Å². The van der Waals surface area contributed by atoms with Crippen LogP contribution >= 0.6 is 11.6 Å². The number of benzene rings is 1. The lowest BCUT2D eigenvalue weighted by atomic mass is 9.87. The molecule has 0 aliphatic heterocycles. The lowest BCUT2D eigenvalue weighted by Crippen LogP contribution is -2.23. The normalized spacial score (nSPS) is 17.6. The highest BCUT2D eigenvalue weighted by Crippen LogP contribution is 2.33. The Labute approximate surface area is 122 Å². The van der Waals surface area contributed by atoms with Crippen molar-refractivity contribution >= 4 is 17.3 Å². The first-order chi connectivity index (χ1) is 9.66. The van der Waals surface area contributed by atoms with Crippen LogP contribution < -0.4 is 10.9 Å². The number of nitrogens with one attached hydrogen (secondary N) is 1. The molecule has 1 aliphatic carbocycles. The monoisotopic (exact) mass is 289 g/mol. The molecule has 0 radical (unpaired) electrons. The fourth-order valence-electron chi connectivity index (χ4n) is 2.70. The van der Waals surface area contributed by atoms with Crippen molar-refractivity contribution in [2.45, 2.75) is 25.3 Å². The molecule has 20 heavy (non-hydrogen) atoms. The molecule has 1 heterocycles. The van der Waals surface area contributed by atoms with Gasteiger partial charge >= 0.3 is 0 Å². The number of nitrogens with zero attached hydrogens (tertiary/aromatic N) is 2. The SMILES string of the molecule is Cn1ncc(N[C@@H]2CCCc3ccccc32)c(Cl)c1=O. The van der Waals surface area contributed by atoms with E-state index in [4.69, 9.17) is 11.6 Å². The van der Waals surface area contributed by atoms with Crippen LogP contribution in [0.1, 0.15) is 30.0 Å². The summed E-state index contributed by atoms with van der Waals surface area (Å²) in [5.74, 6) is 0. The molecule has 0 unspecified atom stereocenters. The van der Waals surface area contributed by atoms with Crippen LogP contribution in [0.15, 0.2) is 35.3 Å². The van der Waals surface area contributed by atoms with Crippen molar-refractivity contribution in [1.82, 2.24) is 9.78 Å². The summed E-state index contributed by atoms with van der Waals surface area (Å²) in [6.45, 7) is 0. The number of fused-ring (bicyclic) bond motifs is 1. The second-order valence-corrected chi connectivity index (χ2v) is 5.47. The summed E-state index contributed by atoms with van der Waals surface area (Å²) in [6, 6.07) is 8.59. The van der Waals surface area contributed by atoms with E-state index in [1.54, 1.807) is 13.2 Å². The van der Waals surface area contributed by atoms with Crippen LogP contribution in [0.4, 0.5) is 5.69 Å². The number of aromatic nitrogens is 2. The minimum Gasteiger partial charge on any atom is -0.376 e. The number of aryl methyl sites for hydroxylation is 2. The van der Waals surface area contributed by atoms with E-state index in [0.717, 1.165) is 19.3 Å². The molecule has 0 saturated heterocycles. The van der Waals surface area contributed by atoms with Gasteiger partial charge in [0, 0.05) is 7.05 Å². The second kappa shape index (κ2) is 5.29. The smallest absolute Gasteiger partial charge is 0.287 e. The summed E-state index contributed by atoms with van der Waals surface area (Å²) in [7, 11) is 1.59. The summed E-state index contributed by atoms with van der Waals surface area (Å²) >= 11 is 6.11. The quantitative estimate of drug-likeness (QED) is 0.925. The van der Waals surface area contributed by atoms with Gasteiger partial charge in [-0.05, 0) is 30.4 Å². The fraction of sp³-hybridized carbons (Fsp3) is 0.333. The van der Waals surface area contributed by atoms with Gasteiger partial charge in [0.2, 0.25) is 0 Å². The third kappa shape index (κ3) is 2.31.